The number of esters is 1. The fourth-order valence-corrected chi connectivity index (χ4v) is 3.36. The van der Waals surface area contributed by atoms with Crippen molar-refractivity contribution in [1.82, 2.24) is 19.2 Å². The number of carbonyl (C=O) groups excluding carboxylic acids is 2. The van der Waals surface area contributed by atoms with Gasteiger partial charge in [-0.25, -0.2) is 4.98 Å². The van der Waals surface area contributed by atoms with Crippen molar-refractivity contribution < 1.29 is 19.1 Å². The Balaban J connectivity index is 1.64. The summed E-state index contributed by atoms with van der Waals surface area (Å²) in [5.41, 5.74) is 2.72. The number of fused-ring (bicyclic) bond motifs is 1. The zero-order chi connectivity index (χ0) is 24.9. The van der Waals surface area contributed by atoms with Gasteiger partial charge in [-0.15, -0.1) is 0 Å². The summed E-state index contributed by atoms with van der Waals surface area (Å²) in [4.78, 5) is 33.5. The third-order valence-corrected chi connectivity index (χ3v) is 4.98. The predicted molar refractivity (Wildman–Crippen MR) is 131 cm³/mol. The third kappa shape index (κ3) is 7.31. The Kier molecular flexibility index (Phi) is 7.94. The van der Waals surface area contributed by atoms with Gasteiger partial charge in [0.2, 0.25) is 0 Å². The number of ether oxygens (including phenoxy) is 2. The Morgan fingerprint density at radius 3 is 2.35 bits per heavy atom. The van der Waals surface area contributed by atoms with Gasteiger partial charge in [-0.05, 0) is 77.7 Å². The lowest BCUT2D eigenvalue weighted by atomic mass is 10.2. The van der Waals surface area contributed by atoms with Crippen molar-refractivity contribution in [2.75, 3.05) is 33.7 Å². The molecule has 0 fully saturated rings. The molecule has 2 heterocycles. The first-order chi connectivity index (χ1) is 16.0. The molecule has 0 spiro atoms. The first-order valence-electron chi connectivity index (χ1n) is 11.3. The second-order valence-corrected chi connectivity index (χ2v) is 9.63. The average molecular weight is 467 g/mol. The standard InChI is InChI=1S/C26H34N4O4/c1-19-7-12-23-27-21(16-30(23)15-19)18-33-22-10-8-20(9-11-22)25(32)29(14-13-28(5)6)17-24(31)34-26(2,3)4/h7-12,15-16H,13-14,17-18H2,1-6H3. The van der Waals surface area contributed by atoms with E-state index in [2.05, 4.69) is 4.98 Å². The van der Waals surface area contributed by atoms with Gasteiger partial charge in [-0.3, -0.25) is 9.59 Å². The number of hydrogen-bond acceptors (Lipinski definition) is 6. The van der Waals surface area contributed by atoms with E-state index in [-0.39, 0.29) is 12.5 Å². The van der Waals surface area contributed by atoms with Gasteiger partial charge in [0.05, 0.1) is 5.69 Å². The van der Waals surface area contributed by atoms with Crippen LogP contribution in [0.1, 0.15) is 42.4 Å². The van der Waals surface area contributed by atoms with Crippen LogP contribution in [-0.2, 0) is 16.1 Å². The Labute approximate surface area is 201 Å². The molecule has 0 saturated heterocycles. The first-order valence-corrected chi connectivity index (χ1v) is 11.3. The van der Waals surface area contributed by atoms with Crippen LogP contribution in [0.15, 0.2) is 48.8 Å². The summed E-state index contributed by atoms with van der Waals surface area (Å²) in [5, 5.41) is 0. The lowest BCUT2D eigenvalue weighted by molar-refractivity contribution is -0.155. The predicted octanol–water partition coefficient (Wildman–Crippen LogP) is 3.57. The number of rotatable bonds is 9. The molecule has 0 N–H and O–H groups in total. The quantitative estimate of drug-likeness (QED) is 0.449. The molecule has 0 aliphatic heterocycles. The van der Waals surface area contributed by atoms with Crippen molar-refractivity contribution in [3.8, 4) is 5.75 Å². The SMILES string of the molecule is Cc1ccc2nc(COc3ccc(C(=O)N(CCN(C)C)CC(=O)OC(C)(C)C)cc3)cn2c1. The molecule has 0 bridgehead atoms. The molecule has 8 heteroatoms. The van der Waals surface area contributed by atoms with E-state index >= 15 is 0 Å². The normalized spacial score (nSPS) is 11.6. The zero-order valence-electron chi connectivity index (χ0n) is 20.9. The lowest BCUT2D eigenvalue weighted by Gasteiger charge is -2.26. The highest BCUT2D eigenvalue weighted by molar-refractivity contribution is 5.96. The van der Waals surface area contributed by atoms with Crippen LogP contribution in [0.3, 0.4) is 0 Å². The fourth-order valence-electron chi connectivity index (χ4n) is 3.36. The van der Waals surface area contributed by atoms with Crippen LogP contribution in [0.2, 0.25) is 0 Å². The van der Waals surface area contributed by atoms with Crippen molar-refractivity contribution in [2.45, 2.75) is 39.9 Å². The van der Waals surface area contributed by atoms with Gasteiger partial charge < -0.3 is 23.7 Å². The topological polar surface area (TPSA) is 76.4 Å². The van der Waals surface area contributed by atoms with E-state index in [4.69, 9.17) is 9.47 Å². The summed E-state index contributed by atoms with van der Waals surface area (Å²) in [6.45, 7) is 8.73. The molecule has 1 aromatic carbocycles. The fraction of sp³-hybridized carbons (Fsp3) is 0.423. The van der Waals surface area contributed by atoms with Gasteiger partial charge >= 0.3 is 5.97 Å². The molecule has 3 aromatic rings. The highest BCUT2D eigenvalue weighted by Gasteiger charge is 2.23. The van der Waals surface area contributed by atoms with Crippen molar-refractivity contribution in [3.05, 3.63) is 65.6 Å². The summed E-state index contributed by atoms with van der Waals surface area (Å²) >= 11 is 0. The number of amides is 1. The number of imidazole rings is 1. The highest BCUT2D eigenvalue weighted by atomic mass is 16.6. The minimum atomic E-state index is -0.605. The maximum Gasteiger partial charge on any atom is 0.326 e. The molecule has 8 nitrogen and oxygen atoms in total. The van der Waals surface area contributed by atoms with Crippen molar-refractivity contribution >= 4 is 17.5 Å². The first kappa shape index (κ1) is 25.2. The molecule has 0 saturated carbocycles. The van der Waals surface area contributed by atoms with Crippen molar-refractivity contribution in [3.63, 3.8) is 0 Å². The number of aromatic nitrogens is 2. The van der Waals surface area contributed by atoms with Gasteiger partial charge in [0, 0.05) is 31.0 Å². The lowest BCUT2D eigenvalue weighted by Crippen LogP contribution is -2.42. The van der Waals surface area contributed by atoms with Crippen molar-refractivity contribution in [1.29, 1.82) is 0 Å². The number of benzene rings is 1. The summed E-state index contributed by atoms with van der Waals surface area (Å²) in [5.74, 6) is -0.0195. The van der Waals surface area contributed by atoms with Gasteiger partial charge in [0.15, 0.2) is 0 Å². The molecular formula is C26H34N4O4. The average Bonchev–Trinajstić information content (AvgIpc) is 3.15. The number of carbonyl (C=O) groups is 2. The van der Waals surface area contributed by atoms with E-state index in [1.807, 2.05) is 75.6 Å². The third-order valence-electron chi connectivity index (χ3n) is 4.98. The van der Waals surface area contributed by atoms with Gasteiger partial charge in [0.1, 0.15) is 30.1 Å². The number of aryl methyl sites for hydroxylation is 1. The van der Waals surface area contributed by atoms with Crippen LogP contribution < -0.4 is 4.74 Å². The van der Waals surface area contributed by atoms with Crippen LogP contribution in [0.5, 0.6) is 5.75 Å². The molecule has 0 aliphatic carbocycles. The van der Waals surface area contributed by atoms with E-state index in [1.165, 1.54) is 4.90 Å². The van der Waals surface area contributed by atoms with Gasteiger partial charge in [-0.1, -0.05) is 6.07 Å². The number of likely N-dealkylation sites (N-methyl/N-ethyl adjacent to an activating group) is 1. The Morgan fingerprint density at radius 2 is 1.71 bits per heavy atom. The van der Waals surface area contributed by atoms with Crippen molar-refractivity contribution in [2.24, 2.45) is 0 Å². The summed E-state index contributed by atoms with van der Waals surface area (Å²) in [7, 11) is 3.85. The summed E-state index contributed by atoms with van der Waals surface area (Å²) < 4.78 is 13.2. The summed E-state index contributed by atoms with van der Waals surface area (Å²) in [6.07, 6.45) is 3.96. The number of hydrogen-bond donors (Lipinski definition) is 0. The number of nitrogens with zero attached hydrogens (tertiary/aromatic N) is 4. The minimum Gasteiger partial charge on any atom is -0.487 e. The van der Waals surface area contributed by atoms with E-state index in [9.17, 15) is 9.59 Å². The van der Waals surface area contributed by atoms with Crippen LogP contribution >= 0.6 is 0 Å². The largest absolute Gasteiger partial charge is 0.487 e. The van der Waals surface area contributed by atoms with E-state index < -0.39 is 11.6 Å². The Hall–Kier alpha value is -3.39. The molecule has 0 unspecified atom stereocenters. The van der Waals surface area contributed by atoms with Crippen LogP contribution in [0, 0.1) is 6.92 Å². The zero-order valence-corrected chi connectivity index (χ0v) is 20.9. The smallest absolute Gasteiger partial charge is 0.326 e. The maximum absolute atomic E-state index is 13.1. The number of pyridine rings is 1. The molecule has 1 amide bonds. The molecule has 0 radical (unpaired) electrons. The maximum atomic E-state index is 13.1. The van der Waals surface area contributed by atoms with Crippen LogP contribution in [0.25, 0.3) is 5.65 Å². The monoisotopic (exact) mass is 466 g/mol. The van der Waals surface area contributed by atoms with E-state index in [0.717, 1.165) is 16.9 Å². The summed E-state index contributed by atoms with van der Waals surface area (Å²) in [6, 6.07) is 10.9. The van der Waals surface area contributed by atoms with E-state index in [1.54, 1.807) is 24.3 Å². The van der Waals surface area contributed by atoms with E-state index in [0.29, 0.717) is 31.0 Å². The van der Waals surface area contributed by atoms with Crippen LogP contribution in [-0.4, -0.2) is 70.4 Å². The molecular weight excluding hydrogens is 432 g/mol. The molecule has 0 atom stereocenters. The Bertz CT molecular complexity index is 1130. The van der Waals surface area contributed by atoms with Gasteiger partial charge in [0.25, 0.3) is 5.91 Å². The molecule has 3 rings (SSSR count). The minimum absolute atomic E-state index is 0.102. The van der Waals surface area contributed by atoms with Gasteiger partial charge in [-0.2, -0.15) is 0 Å². The Morgan fingerprint density at radius 1 is 1.00 bits per heavy atom. The second-order valence-electron chi connectivity index (χ2n) is 9.63. The molecule has 2 aromatic heterocycles. The highest BCUT2D eigenvalue weighted by Crippen LogP contribution is 2.17. The molecule has 182 valence electrons. The van der Waals surface area contributed by atoms with Crippen LogP contribution in [0.4, 0.5) is 0 Å². The second kappa shape index (κ2) is 10.7. The molecule has 0 aliphatic rings. The molecule has 34 heavy (non-hydrogen) atoms.